The number of fused-ring (bicyclic) bond motifs is 1. The molecule has 1 heterocycles. The number of aromatic nitrogens is 1. The van der Waals surface area contributed by atoms with Crippen molar-refractivity contribution < 1.29 is 14.4 Å². The van der Waals surface area contributed by atoms with Crippen LogP contribution in [-0.2, 0) is 14.4 Å². The molecule has 0 fully saturated rings. The summed E-state index contributed by atoms with van der Waals surface area (Å²) in [6.07, 6.45) is 0.151. The zero-order valence-electron chi connectivity index (χ0n) is 16.2. The molecule has 4 N–H and O–H groups in total. The van der Waals surface area contributed by atoms with Crippen LogP contribution in [-0.4, -0.2) is 28.7 Å². The first-order valence-corrected chi connectivity index (χ1v) is 9.97. The number of nitrogens with zero attached hydrogens (tertiary/aromatic N) is 1. The highest BCUT2D eigenvalue weighted by Gasteiger charge is 2.20. The summed E-state index contributed by atoms with van der Waals surface area (Å²) < 4.78 is 1.13. The summed E-state index contributed by atoms with van der Waals surface area (Å²) in [6, 6.07) is 12.7. The van der Waals surface area contributed by atoms with Crippen molar-refractivity contribution >= 4 is 45.0 Å². The van der Waals surface area contributed by atoms with E-state index >= 15 is 0 Å². The van der Waals surface area contributed by atoms with Crippen LogP contribution in [0.4, 0.5) is 5.69 Å². The van der Waals surface area contributed by atoms with Gasteiger partial charge in [0.05, 0.1) is 10.2 Å². The van der Waals surface area contributed by atoms with Crippen LogP contribution in [0.25, 0.3) is 20.8 Å². The van der Waals surface area contributed by atoms with E-state index in [0.717, 1.165) is 20.8 Å². The van der Waals surface area contributed by atoms with E-state index in [9.17, 15) is 14.4 Å². The van der Waals surface area contributed by atoms with Gasteiger partial charge in [0, 0.05) is 24.6 Å². The van der Waals surface area contributed by atoms with Crippen molar-refractivity contribution in [3.8, 4) is 10.6 Å². The number of anilines is 1. The van der Waals surface area contributed by atoms with E-state index < -0.39 is 17.9 Å². The Kier molecular flexibility index (Phi) is 6.23. The Labute approximate surface area is 172 Å². The lowest BCUT2D eigenvalue weighted by atomic mass is 10.1. The molecular formula is C21H22N4O3S. The summed E-state index contributed by atoms with van der Waals surface area (Å²) in [5.74, 6) is -1.27. The van der Waals surface area contributed by atoms with Gasteiger partial charge in [-0.05, 0) is 55.3 Å². The lowest BCUT2D eigenvalue weighted by Crippen LogP contribution is -2.43. The first kappa shape index (κ1) is 20.5. The largest absolute Gasteiger partial charge is 0.370 e. The van der Waals surface area contributed by atoms with Gasteiger partial charge in [0.25, 0.3) is 0 Å². The van der Waals surface area contributed by atoms with Crippen LogP contribution in [0.2, 0.25) is 0 Å². The summed E-state index contributed by atoms with van der Waals surface area (Å²) >= 11 is 1.62. The normalized spacial score (nSPS) is 11.8. The number of hydrogen-bond donors (Lipinski definition) is 3. The number of nitrogens with one attached hydrogen (secondary N) is 2. The van der Waals surface area contributed by atoms with E-state index in [2.05, 4.69) is 21.7 Å². The summed E-state index contributed by atoms with van der Waals surface area (Å²) in [5.41, 5.74) is 8.83. The lowest BCUT2D eigenvalue weighted by Gasteiger charge is -2.17. The van der Waals surface area contributed by atoms with Crippen LogP contribution < -0.4 is 16.4 Å². The third-order valence-electron chi connectivity index (χ3n) is 4.32. The van der Waals surface area contributed by atoms with Crippen LogP contribution in [0, 0.1) is 6.92 Å². The smallest absolute Gasteiger partial charge is 0.246 e. The van der Waals surface area contributed by atoms with E-state index in [0.29, 0.717) is 5.69 Å². The number of benzene rings is 2. The van der Waals surface area contributed by atoms with E-state index in [1.165, 1.54) is 12.5 Å². The molecule has 1 atom stereocenters. The fraction of sp³-hybridized carbons (Fsp3) is 0.238. The first-order valence-electron chi connectivity index (χ1n) is 9.16. The molecule has 1 aromatic heterocycles. The Morgan fingerprint density at radius 3 is 2.52 bits per heavy atom. The third-order valence-corrected chi connectivity index (χ3v) is 5.38. The minimum Gasteiger partial charge on any atom is -0.370 e. The maximum absolute atomic E-state index is 12.5. The van der Waals surface area contributed by atoms with Crippen LogP contribution in [0.15, 0.2) is 42.5 Å². The van der Waals surface area contributed by atoms with Gasteiger partial charge in [-0.3, -0.25) is 14.4 Å². The van der Waals surface area contributed by atoms with Gasteiger partial charge in [0.2, 0.25) is 17.7 Å². The molecule has 0 saturated carbocycles. The molecule has 2 aromatic carbocycles. The number of nitrogens with two attached hydrogens (primary N) is 1. The van der Waals surface area contributed by atoms with Crippen molar-refractivity contribution in [1.82, 2.24) is 10.3 Å². The number of thiazole rings is 1. The van der Waals surface area contributed by atoms with Crippen LogP contribution in [0.1, 0.15) is 25.3 Å². The third kappa shape index (κ3) is 5.39. The number of rotatable bonds is 7. The maximum atomic E-state index is 12.5. The molecular weight excluding hydrogens is 388 g/mol. The highest BCUT2D eigenvalue weighted by atomic mass is 32.1. The SMILES string of the molecule is CC(=O)NC(CCC(N)=O)C(=O)Nc1ccc(-c2nc3ccc(C)cc3s2)cc1. The Morgan fingerprint density at radius 1 is 1.14 bits per heavy atom. The summed E-state index contributed by atoms with van der Waals surface area (Å²) in [7, 11) is 0. The van der Waals surface area contributed by atoms with Crippen molar-refractivity contribution in [1.29, 1.82) is 0 Å². The fourth-order valence-electron chi connectivity index (χ4n) is 2.88. The molecule has 3 aromatic rings. The molecule has 0 spiro atoms. The minimum absolute atomic E-state index is 0.00832. The Bertz CT molecular complexity index is 1060. The molecule has 7 nitrogen and oxygen atoms in total. The fourth-order valence-corrected chi connectivity index (χ4v) is 3.95. The van der Waals surface area contributed by atoms with Crippen molar-refractivity contribution in [2.45, 2.75) is 32.7 Å². The Hall–Kier alpha value is -3.26. The molecule has 3 rings (SSSR count). The zero-order valence-corrected chi connectivity index (χ0v) is 17.0. The van der Waals surface area contributed by atoms with Crippen LogP contribution in [0.3, 0.4) is 0 Å². The van der Waals surface area contributed by atoms with Crippen LogP contribution >= 0.6 is 11.3 Å². The molecule has 0 aliphatic rings. The molecule has 0 saturated heterocycles. The van der Waals surface area contributed by atoms with E-state index in [1.807, 2.05) is 31.2 Å². The number of primary amides is 1. The van der Waals surface area contributed by atoms with Gasteiger partial charge >= 0.3 is 0 Å². The molecule has 0 aliphatic heterocycles. The summed E-state index contributed by atoms with van der Waals surface area (Å²) in [5, 5.41) is 6.21. The average molecular weight is 410 g/mol. The number of aryl methyl sites for hydroxylation is 1. The van der Waals surface area contributed by atoms with Crippen molar-refractivity contribution in [3.05, 3.63) is 48.0 Å². The molecule has 150 valence electrons. The molecule has 29 heavy (non-hydrogen) atoms. The number of carbonyl (C=O) groups excluding carboxylic acids is 3. The highest BCUT2D eigenvalue weighted by Crippen LogP contribution is 2.31. The number of carbonyl (C=O) groups is 3. The second kappa shape index (κ2) is 8.83. The molecule has 8 heteroatoms. The maximum Gasteiger partial charge on any atom is 0.246 e. The van der Waals surface area contributed by atoms with Gasteiger partial charge in [-0.25, -0.2) is 4.98 Å². The van der Waals surface area contributed by atoms with E-state index in [1.54, 1.807) is 23.5 Å². The van der Waals surface area contributed by atoms with Gasteiger partial charge < -0.3 is 16.4 Å². The van der Waals surface area contributed by atoms with E-state index in [4.69, 9.17) is 5.73 Å². The Balaban J connectivity index is 1.71. The number of amides is 3. The lowest BCUT2D eigenvalue weighted by molar-refractivity contribution is -0.126. The molecule has 0 radical (unpaired) electrons. The van der Waals surface area contributed by atoms with Gasteiger partial charge in [0.1, 0.15) is 11.0 Å². The molecule has 0 bridgehead atoms. The van der Waals surface area contributed by atoms with Gasteiger partial charge in [0.15, 0.2) is 0 Å². The summed E-state index contributed by atoms with van der Waals surface area (Å²) in [4.78, 5) is 39.5. The zero-order chi connectivity index (χ0) is 21.0. The number of hydrogen-bond acceptors (Lipinski definition) is 5. The average Bonchev–Trinajstić information content (AvgIpc) is 3.08. The molecule has 1 unspecified atom stereocenters. The predicted molar refractivity (Wildman–Crippen MR) is 114 cm³/mol. The van der Waals surface area contributed by atoms with E-state index in [-0.39, 0.29) is 18.7 Å². The molecule has 3 amide bonds. The van der Waals surface area contributed by atoms with Gasteiger partial charge in [-0.15, -0.1) is 11.3 Å². The standard InChI is InChI=1S/C21H22N4O3S/c1-12-3-8-16-18(11-12)29-21(25-16)14-4-6-15(7-5-14)24-20(28)17(23-13(2)26)9-10-19(22)27/h3-8,11,17H,9-10H2,1-2H3,(H2,22,27)(H,23,26)(H,24,28). The van der Waals surface area contributed by atoms with Crippen molar-refractivity contribution in [2.24, 2.45) is 5.73 Å². The topological polar surface area (TPSA) is 114 Å². The monoisotopic (exact) mass is 410 g/mol. The van der Waals surface area contributed by atoms with Crippen LogP contribution in [0.5, 0.6) is 0 Å². The minimum atomic E-state index is -0.827. The van der Waals surface area contributed by atoms with Crippen molar-refractivity contribution in [2.75, 3.05) is 5.32 Å². The van der Waals surface area contributed by atoms with Crippen molar-refractivity contribution in [3.63, 3.8) is 0 Å². The highest BCUT2D eigenvalue weighted by molar-refractivity contribution is 7.21. The van der Waals surface area contributed by atoms with Gasteiger partial charge in [-0.2, -0.15) is 0 Å². The second-order valence-corrected chi connectivity index (χ2v) is 7.85. The first-order chi connectivity index (χ1) is 13.8. The quantitative estimate of drug-likeness (QED) is 0.555. The second-order valence-electron chi connectivity index (χ2n) is 6.81. The van der Waals surface area contributed by atoms with Gasteiger partial charge in [-0.1, -0.05) is 6.07 Å². The predicted octanol–water partition coefficient (Wildman–Crippen LogP) is 2.98. The summed E-state index contributed by atoms with van der Waals surface area (Å²) in [6.45, 7) is 3.37. The molecule has 0 aliphatic carbocycles. The Morgan fingerprint density at radius 2 is 1.86 bits per heavy atom.